The van der Waals surface area contributed by atoms with Crippen LogP contribution in [0.25, 0.3) is 0 Å². The van der Waals surface area contributed by atoms with Gasteiger partial charge in [-0.1, -0.05) is 26.0 Å². The van der Waals surface area contributed by atoms with Gasteiger partial charge in [-0.15, -0.1) is 0 Å². The maximum absolute atomic E-state index is 10.3. The third-order valence-electron chi connectivity index (χ3n) is 4.88. The van der Waals surface area contributed by atoms with Gasteiger partial charge in [-0.25, -0.2) is 0 Å². The van der Waals surface area contributed by atoms with Gasteiger partial charge in [0.15, 0.2) is 0 Å². The molecule has 1 aliphatic rings. The Bertz CT molecular complexity index is 499. The molecular formula is C19H34N2O3+2. The van der Waals surface area contributed by atoms with E-state index in [0.717, 1.165) is 45.0 Å². The lowest BCUT2D eigenvalue weighted by Crippen LogP contribution is -3.28. The molecule has 0 aliphatic carbocycles. The van der Waals surface area contributed by atoms with E-state index in [1.54, 1.807) is 0 Å². The molecule has 1 aliphatic heterocycles. The van der Waals surface area contributed by atoms with Crippen LogP contribution in [0.2, 0.25) is 0 Å². The number of aryl methyl sites for hydroxylation is 1. The number of rotatable bonds is 8. The molecule has 4 N–H and O–H groups in total. The van der Waals surface area contributed by atoms with Crippen LogP contribution in [0.1, 0.15) is 30.9 Å². The van der Waals surface area contributed by atoms with Crippen molar-refractivity contribution in [3.63, 3.8) is 0 Å². The standard InChI is InChI=1S/C19H32N2O3/c1-15(2)18-5-4-16(3)12-19(18)24-14-17(23)13-21-8-6-20(7-9-21)10-11-22/h4-5,12,15,17,22-23H,6-11,13-14H2,1-3H3/p+2. The quantitative estimate of drug-likeness (QED) is 0.473. The van der Waals surface area contributed by atoms with Crippen molar-refractivity contribution < 1.29 is 24.7 Å². The van der Waals surface area contributed by atoms with E-state index in [1.807, 2.05) is 0 Å². The first kappa shape index (κ1) is 19.2. The molecule has 1 unspecified atom stereocenters. The molecule has 0 amide bonds. The van der Waals surface area contributed by atoms with Crippen LogP contribution in [-0.2, 0) is 0 Å². The molecule has 0 radical (unpaired) electrons. The summed E-state index contributed by atoms with van der Waals surface area (Å²) in [5, 5.41) is 19.3. The summed E-state index contributed by atoms with van der Waals surface area (Å²) < 4.78 is 5.94. The topological polar surface area (TPSA) is 58.6 Å². The number of hydrogen-bond acceptors (Lipinski definition) is 3. The molecule has 2 rings (SSSR count). The molecule has 0 saturated carbocycles. The highest BCUT2D eigenvalue weighted by atomic mass is 16.5. The smallest absolute Gasteiger partial charge is 0.137 e. The first-order valence-corrected chi connectivity index (χ1v) is 9.19. The van der Waals surface area contributed by atoms with Gasteiger partial charge in [0.25, 0.3) is 0 Å². The van der Waals surface area contributed by atoms with E-state index >= 15 is 0 Å². The zero-order valence-electron chi connectivity index (χ0n) is 15.3. The van der Waals surface area contributed by atoms with E-state index in [1.165, 1.54) is 20.9 Å². The first-order chi connectivity index (χ1) is 11.5. The van der Waals surface area contributed by atoms with Crippen molar-refractivity contribution in [3.05, 3.63) is 29.3 Å². The molecule has 5 nitrogen and oxygen atoms in total. The Morgan fingerprint density at radius 2 is 1.79 bits per heavy atom. The Morgan fingerprint density at radius 3 is 2.42 bits per heavy atom. The molecule has 1 atom stereocenters. The summed E-state index contributed by atoms with van der Waals surface area (Å²) in [6, 6.07) is 6.29. The van der Waals surface area contributed by atoms with Crippen LogP contribution in [0.15, 0.2) is 18.2 Å². The molecule has 1 aromatic rings. The van der Waals surface area contributed by atoms with E-state index < -0.39 is 6.10 Å². The van der Waals surface area contributed by atoms with Gasteiger partial charge in [-0.3, -0.25) is 0 Å². The summed E-state index contributed by atoms with van der Waals surface area (Å²) in [6.45, 7) is 12.8. The maximum Gasteiger partial charge on any atom is 0.137 e. The Morgan fingerprint density at radius 1 is 1.12 bits per heavy atom. The van der Waals surface area contributed by atoms with Crippen LogP contribution in [0.3, 0.4) is 0 Å². The Balaban J connectivity index is 1.80. The van der Waals surface area contributed by atoms with Crippen LogP contribution >= 0.6 is 0 Å². The molecule has 1 heterocycles. The number of ether oxygens (including phenoxy) is 1. The second-order valence-corrected chi connectivity index (χ2v) is 7.34. The molecule has 136 valence electrons. The minimum atomic E-state index is -0.445. The van der Waals surface area contributed by atoms with Crippen molar-refractivity contribution in [1.82, 2.24) is 0 Å². The molecule has 0 bridgehead atoms. The Labute approximate surface area is 145 Å². The van der Waals surface area contributed by atoms with Gasteiger partial charge in [0.05, 0.1) is 6.61 Å². The fourth-order valence-electron chi connectivity index (χ4n) is 3.39. The van der Waals surface area contributed by atoms with Gasteiger partial charge in [-0.2, -0.15) is 0 Å². The predicted molar refractivity (Wildman–Crippen MR) is 95.0 cm³/mol. The van der Waals surface area contributed by atoms with E-state index in [2.05, 4.69) is 39.0 Å². The average Bonchev–Trinajstić information content (AvgIpc) is 2.55. The van der Waals surface area contributed by atoms with Gasteiger partial charge in [0.2, 0.25) is 0 Å². The van der Waals surface area contributed by atoms with E-state index in [4.69, 9.17) is 9.84 Å². The normalized spacial score (nSPS) is 22.6. The fraction of sp³-hybridized carbons (Fsp3) is 0.684. The second-order valence-electron chi connectivity index (χ2n) is 7.34. The summed E-state index contributed by atoms with van der Waals surface area (Å²) in [5.74, 6) is 1.31. The van der Waals surface area contributed by atoms with Crippen molar-refractivity contribution in [2.75, 3.05) is 52.5 Å². The van der Waals surface area contributed by atoms with Crippen molar-refractivity contribution >= 4 is 0 Å². The van der Waals surface area contributed by atoms with Gasteiger partial charge in [0.1, 0.15) is 57.7 Å². The monoisotopic (exact) mass is 338 g/mol. The summed E-state index contributed by atoms with van der Waals surface area (Å²) in [7, 11) is 0. The van der Waals surface area contributed by atoms with Gasteiger partial charge in [0, 0.05) is 0 Å². The number of hydrogen-bond donors (Lipinski definition) is 4. The molecule has 1 fully saturated rings. The molecule has 5 heteroatoms. The SMILES string of the molecule is Cc1ccc(C(C)C)c(OCC(O)C[NH+]2CC[NH+](CCO)CC2)c1. The van der Waals surface area contributed by atoms with Gasteiger partial charge < -0.3 is 24.7 Å². The number of piperazine rings is 1. The van der Waals surface area contributed by atoms with E-state index in [9.17, 15) is 5.11 Å². The number of aliphatic hydroxyl groups excluding tert-OH is 2. The summed E-state index contributed by atoms with van der Waals surface area (Å²) in [4.78, 5) is 2.90. The predicted octanol–water partition coefficient (Wildman–Crippen LogP) is -1.37. The zero-order chi connectivity index (χ0) is 17.5. The minimum absolute atomic E-state index is 0.260. The molecule has 24 heavy (non-hydrogen) atoms. The largest absolute Gasteiger partial charge is 0.490 e. The average molecular weight is 338 g/mol. The van der Waals surface area contributed by atoms with Crippen LogP contribution in [0.4, 0.5) is 0 Å². The van der Waals surface area contributed by atoms with Crippen molar-refractivity contribution in [2.45, 2.75) is 32.8 Å². The Hall–Kier alpha value is -1.14. The lowest BCUT2D eigenvalue weighted by Gasteiger charge is -2.30. The van der Waals surface area contributed by atoms with Crippen LogP contribution in [0, 0.1) is 6.92 Å². The van der Waals surface area contributed by atoms with Crippen LogP contribution < -0.4 is 14.5 Å². The van der Waals surface area contributed by atoms with Gasteiger partial charge >= 0.3 is 0 Å². The summed E-state index contributed by atoms with van der Waals surface area (Å²) >= 11 is 0. The number of aliphatic hydroxyl groups is 2. The van der Waals surface area contributed by atoms with Gasteiger partial charge in [-0.05, 0) is 30.0 Å². The number of quaternary nitrogens is 2. The van der Waals surface area contributed by atoms with E-state index in [0.29, 0.717) is 12.5 Å². The van der Waals surface area contributed by atoms with Crippen molar-refractivity contribution in [2.24, 2.45) is 0 Å². The lowest BCUT2D eigenvalue weighted by atomic mass is 10.0. The molecule has 1 saturated heterocycles. The van der Waals surface area contributed by atoms with Crippen molar-refractivity contribution in [1.29, 1.82) is 0 Å². The Kier molecular flexibility index (Phi) is 7.49. The van der Waals surface area contributed by atoms with E-state index in [-0.39, 0.29) is 6.61 Å². The summed E-state index contributed by atoms with van der Waals surface area (Å²) in [6.07, 6.45) is -0.445. The van der Waals surface area contributed by atoms with Crippen LogP contribution in [-0.4, -0.2) is 68.8 Å². The van der Waals surface area contributed by atoms with Crippen LogP contribution in [0.5, 0.6) is 5.75 Å². The lowest BCUT2D eigenvalue weighted by molar-refractivity contribution is -1.01. The number of nitrogens with one attached hydrogen (secondary N) is 2. The zero-order valence-corrected chi connectivity index (χ0v) is 15.3. The molecule has 0 spiro atoms. The number of benzene rings is 1. The summed E-state index contributed by atoms with van der Waals surface area (Å²) in [5.41, 5.74) is 2.37. The second kappa shape index (κ2) is 9.37. The highest BCUT2D eigenvalue weighted by Crippen LogP contribution is 2.27. The maximum atomic E-state index is 10.3. The highest BCUT2D eigenvalue weighted by Gasteiger charge is 2.24. The first-order valence-electron chi connectivity index (χ1n) is 9.19. The van der Waals surface area contributed by atoms with Crippen molar-refractivity contribution in [3.8, 4) is 5.75 Å². The third kappa shape index (κ3) is 5.74. The molecular weight excluding hydrogens is 304 g/mol. The minimum Gasteiger partial charge on any atom is -0.490 e. The molecule has 0 aromatic heterocycles. The highest BCUT2D eigenvalue weighted by molar-refractivity contribution is 5.39. The third-order valence-corrected chi connectivity index (χ3v) is 4.88. The fourth-order valence-corrected chi connectivity index (χ4v) is 3.39. The molecule has 1 aromatic carbocycles.